The van der Waals surface area contributed by atoms with E-state index in [1.165, 1.54) is 7.11 Å². The number of fused-ring (bicyclic) bond motifs is 8. The number of methoxy groups -OCH3 is 1. The van der Waals surface area contributed by atoms with E-state index in [0.717, 1.165) is 16.6 Å². The van der Waals surface area contributed by atoms with Crippen LogP contribution in [0.3, 0.4) is 0 Å². The summed E-state index contributed by atoms with van der Waals surface area (Å²) in [6.45, 7) is 0. The average molecular weight is 378 g/mol. The molecule has 7 nitrogen and oxygen atoms in total. The molecule has 2 aliphatic carbocycles. The van der Waals surface area contributed by atoms with Crippen LogP contribution in [-0.4, -0.2) is 42.4 Å². The number of carbonyl (C=O) groups is 1. The molecule has 1 aromatic rings. The zero-order valence-electron chi connectivity index (χ0n) is 12.5. The highest BCUT2D eigenvalue weighted by molar-refractivity contribution is 9.10. The van der Waals surface area contributed by atoms with Gasteiger partial charge in [-0.05, 0) is 30.7 Å². The van der Waals surface area contributed by atoms with E-state index < -0.39 is 0 Å². The number of hydrogen-bond donors (Lipinski definition) is 1. The van der Waals surface area contributed by atoms with Gasteiger partial charge < -0.3 is 4.74 Å². The minimum absolute atomic E-state index is 0.190. The fraction of sp³-hybridized carbons (Fsp3) is 0.533. The number of hydrazine groups is 1. The molecule has 6 atom stereocenters. The summed E-state index contributed by atoms with van der Waals surface area (Å²) in [6.07, 6.45) is 0.773. The van der Waals surface area contributed by atoms with Crippen LogP contribution in [0, 0.1) is 11.8 Å². The second-order valence-corrected chi connectivity index (χ2v) is 7.47. The van der Waals surface area contributed by atoms with E-state index in [4.69, 9.17) is 4.74 Å². The van der Waals surface area contributed by atoms with E-state index >= 15 is 0 Å². The number of amides is 1. The van der Waals surface area contributed by atoms with Crippen molar-refractivity contribution in [2.24, 2.45) is 22.2 Å². The Bertz CT molecular complexity index is 696. The van der Waals surface area contributed by atoms with Crippen LogP contribution in [0.5, 0.6) is 0 Å². The van der Waals surface area contributed by atoms with Crippen molar-refractivity contribution < 1.29 is 9.53 Å². The van der Waals surface area contributed by atoms with E-state index in [9.17, 15) is 4.79 Å². The van der Waals surface area contributed by atoms with Crippen molar-refractivity contribution in [3.63, 3.8) is 0 Å². The van der Waals surface area contributed by atoms with Gasteiger partial charge in [0.2, 0.25) is 0 Å². The summed E-state index contributed by atoms with van der Waals surface area (Å²) in [5, 5.41) is 12.6. The Kier molecular flexibility index (Phi) is 2.79. The van der Waals surface area contributed by atoms with Crippen LogP contribution in [0.25, 0.3) is 0 Å². The minimum atomic E-state index is -0.308. The van der Waals surface area contributed by atoms with E-state index in [0.29, 0.717) is 17.9 Å². The first kappa shape index (κ1) is 13.7. The van der Waals surface area contributed by atoms with Gasteiger partial charge in [-0.2, -0.15) is 5.11 Å². The van der Waals surface area contributed by atoms with Gasteiger partial charge in [0.1, 0.15) is 6.04 Å². The normalized spacial score (nSPS) is 39.2. The summed E-state index contributed by atoms with van der Waals surface area (Å²) in [4.78, 5) is 11.9. The minimum Gasteiger partial charge on any atom is -0.452 e. The summed E-state index contributed by atoms with van der Waals surface area (Å²) in [5.41, 5.74) is 4.28. The summed E-state index contributed by atoms with van der Waals surface area (Å²) in [7, 11) is 1.42. The molecule has 3 fully saturated rings. The Morgan fingerprint density at radius 1 is 1.30 bits per heavy atom. The molecule has 2 bridgehead atoms. The average Bonchev–Trinajstić information content (AvgIpc) is 3.16. The topological polar surface area (TPSA) is 69.5 Å². The highest BCUT2D eigenvalue weighted by Crippen LogP contribution is 2.55. The zero-order chi connectivity index (χ0) is 15.7. The zero-order valence-corrected chi connectivity index (χ0v) is 14.0. The van der Waals surface area contributed by atoms with Gasteiger partial charge in [0, 0.05) is 16.3 Å². The predicted molar refractivity (Wildman–Crippen MR) is 85.6 cm³/mol. The Balaban J connectivity index is 1.44. The second-order valence-electron chi connectivity index (χ2n) is 6.56. The molecule has 23 heavy (non-hydrogen) atoms. The Morgan fingerprint density at radius 3 is 2.83 bits per heavy atom. The van der Waals surface area contributed by atoms with E-state index in [2.05, 4.69) is 31.7 Å². The molecule has 2 saturated carbocycles. The van der Waals surface area contributed by atoms with Crippen molar-refractivity contribution in [1.82, 2.24) is 10.4 Å². The second kappa shape index (κ2) is 4.67. The number of anilines is 1. The smallest absolute Gasteiger partial charge is 0.424 e. The lowest BCUT2D eigenvalue weighted by atomic mass is 9.80. The molecule has 0 aromatic heterocycles. The molecule has 2 aliphatic heterocycles. The first-order chi connectivity index (χ1) is 11.2. The van der Waals surface area contributed by atoms with Crippen LogP contribution < -0.4 is 10.4 Å². The number of carbonyl (C=O) groups excluding carboxylic acids is 1. The number of hydrogen-bond acceptors (Lipinski definition) is 6. The summed E-state index contributed by atoms with van der Waals surface area (Å²) >= 11 is 3.46. The van der Waals surface area contributed by atoms with Crippen LogP contribution in [0.15, 0.2) is 39.1 Å². The summed E-state index contributed by atoms with van der Waals surface area (Å²) in [5.74, 6) is 0.814. The lowest BCUT2D eigenvalue weighted by molar-refractivity contribution is -0.0520. The van der Waals surface area contributed by atoms with Crippen molar-refractivity contribution >= 4 is 27.7 Å². The third kappa shape index (κ3) is 1.70. The fourth-order valence-corrected chi connectivity index (χ4v) is 5.02. The largest absolute Gasteiger partial charge is 0.452 e. The molecule has 1 saturated heterocycles. The van der Waals surface area contributed by atoms with Crippen LogP contribution in [-0.2, 0) is 4.74 Å². The quantitative estimate of drug-likeness (QED) is 0.815. The highest BCUT2D eigenvalue weighted by Gasteiger charge is 2.68. The van der Waals surface area contributed by atoms with E-state index in [-0.39, 0.29) is 24.2 Å². The molecule has 2 heterocycles. The Morgan fingerprint density at radius 2 is 2.09 bits per heavy atom. The van der Waals surface area contributed by atoms with Crippen molar-refractivity contribution in [2.45, 2.75) is 30.6 Å². The standard InChI is InChI=1S/C15H16BrN5O2/c1-23-15(22)21-14-10-6-9(12(14)18-21)11-13(10)20(19-17-11)8-4-2-7(16)3-5-8/h2-5,9-14,18H,6H2,1H3/t9-,10+,11+,12-,13-,14+/m1/s1. The van der Waals surface area contributed by atoms with Crippen molar-refractivity contribution in [2.75, 3.05) is 12.1 Å². The Labute approximate surface area is 141 Å². The molecule has 1 amide bonds. The van der Waals surface area contributed by atoms with Gasteiger partial charge in [-0.1, -0.05) is 21.2 Å². The van der Waals surface area contributed by atoms with Gasteiger partial charge in [-0.15, -0.1) is 0 Å². The third-order valence-electron chi connectivity index (χ3n) is 5.65. The number of nitrogens with zero attached hydrogens (tertiary/aromatic N) is 4. The van der Waals surface area contributed by atoms with Crippen molar-refractivity contribution in [3.8, 4) is 0 Å². The SMILES string of the molecule is COC(=O)N1N[C@@H]2[C@@H]3C[C@H]([C@@H]21)[C@@H]1[C@H]3N=NN1c1ccc(Br)cc1. The number of halogens is 1. The van der Waals surface area contributed by atoms with Crippen molar-refractivity contribution in [3.05, 3.63) is 28.7 Å². The first-order valence-electron chi connectivity index (χ1n) is 7.78. The van der Waals surface area contributed by atoms with Crippen molar-refractivity contribution in [1.29, 1.82) is 0 Å². The molecular weight excluding hydrogens is 362 g/mol. The van der Waals surface area contributed by atoms with E-state index in [1.807, 2.05) is 29.3 Å². The van der Waals surface area contributed by atoms with Gasteiger partial charge in [-0.3, -0.25) is 0 Å². The molecule has 0 spiro atoms. The number of benzene rings is 1. The van der Waals surface area contributed by atoms with Gasteiger partial charge in [0.05, 0.1) is 30.9 Å². The summed E-state index contributed by atoms with van der Waals surface area (Å²) in [6, 6.07) is 9.09. The monoisotopic (exact) mass is 377 g/mol. The summed E-state index contributed by atoms with van der Waals surface area (Å²) < 4.78 is 5.91. The molecular formula is C15H16BrN5O2. The molecule has 0 radical (unpaired) electrons. The number of nitrogens with one attached hydrogen (secondary N) is 1. The van der Waals surface area contributed by atoms with Gasteiger partial charge in [0.15, 0.2) is 0 Å². The maximum atomic E-state index is 11.9. The van der Waals surface area contributed by atoms with Crippen LogP contribution in [0.2, 0.25) is 0 Å². The number of ether oxygens (including phenoxy) is 1. The van der Waals surface area contributed by atoms with Crippen LogP contribution in [0.4, 0.5) is 10.5 Å². The highest BCUT2D eigenvalue weighted by atomic mass is 79.9. The maximum Gasteiger partial charge on any atom is 0.424 e. The molecule has 1 aromatic carbocycles. The molecule has 1 N–H and O–H groups in total. The van der Waals surface area contributed by atoms with Gasteiger partial charge in [0.25, 0.3) is 0 Å². The third-order valence-corrected chi connectivity index (χ3v) is 6.18. The molecule has 4 aliphatic rings. The first-order valence-corrected chi connectivity index (χ1v) is 8.57. The maximum absolute atomic E-state index is 11.9. The lowest BCUT2D eigenvalue weighted by Crippen LogP contribution is -2.76. The van der Waals surface area contributed by atoms with Gasteiger partial charge in [-0.25, -0.2) is 20.2 Å². The molecule has 0 unspecified atom stereocenters. The molecule has 120 valence electrons. The molecule has 8 heteroatoms. The van der Waals surface area contributed by atoms with E-state index in [1.54, 1.807) is 5.01 Å². The van der Waals surface area contributed by atoms with Crippen LogP contribution >= 0.6 is 15.9 Å². The van der Waals surface area contributed by atoms with Crippen LogP contribution in [0.1, 0.15) is 6.42 Å². The Hall–Kier alpha value is -1.67. The number of rotatable bonds is 1. The van der Waals surface area contributed by atoms with Gasteiger partial charge >= 0.3 is 6.09 Å². The lowest BCUT2D eigenvalue weighted by Gasteiger charge is -2.52. The fourth-order valence-electron chi connectivity index (χ4n) is 4.75. The molecule has 5 rings (SSSR count). The predicted octanol–water partition coefficient (Wildman–Crippen LogP) is 2.35.